The summed E-state index contributed by atoms with van der Waals surface area (Å²) in [5, 5.41) is 9.69. The Labute approximate surface area is 130 Å². The third-order valence-corrected chi connectivity index (χ3v) is 3.55. The molecule has 0 amide bonds. The molecule has 3 nitrogen and oxygen atoms in total. The van der Waals surface area contributed by atoms with E-state index in [1.165, 1.54) is 0 Å². The summed E-state index contributed by atoms with van der Waals surface area (Å²) in [5.74, 6) is 0.304. The average Bonchev–Trinajstić information content (AvgIpc) is 2.34. The maximum absolute atomic E-state index is 11.4. The van der Waals surface area contributed by atoms with Crippen LogP contribution >= 0.6 is 0 Å². The number of carbonyl (C=O) groups is 1. The lowest BCUT2D eigenvalue weighted by Gasteiger charge is -2.18. The second kappa shape index (κ2) is 9.78. The highest BCUT2D eigenvalue weighted by atomic mass is 16.5. The van der Waals surface area contributed by atoms with Crippen LogP contribution < -0.4 is 0 Å². The van der Waals surface area contributed by atoms with Gasteiger partial charge >= 0.3 is 5.97 Å². The van der Waals surface area contributed by atoms with Crippen molar-refractivity contribution in [3.8, 4) is 0 Å². The third-order valence-electron chi connectivity index (χ3n) is 3.55. The molecule has 0 saturated heterocycles. The smallest absolute Gasteiger partial charge is 0.331 e. The maximum atomic E-state index is 11.4. The Morgan fingerprint density at radius 1 is 1.29 bits per heavy atom. The minimum Gasteiger partial charge on any atom is -0.463 e. The standard InChI is InChI=1S/C18H32O3/c1-7-21-17(19)13-16(4)15(3)11-10-14(2)9-8-12-18(5,6)20/h11,13-14,20H,7-10,12H2,1-6H3. The summed E-state index contributed by atoms with van der Waals surface area (Å²) in [4.78, 5) is 11.4. The van der Waals surface area contributed by atoms with Crippen molar-refractivity contribution in [3.63, 3.8) is 0 Å². The number of ether oxygens (including phenoxy) is 1. The second-order valence-electron chi connectivity index (χ2n) is 6.51. The third kappa shape index (κ3) is 11.3. The van der Waals surface area contributed by atoms with Gasteiger partial charge in [-0.05, 0) is 59.0 Å². The zero-order valence-corrected chi connectivity index (χ0v) is 14.5. The fourth-order valence-corrected chi connectivity index (χ4v) is 2.01. The fraction of sp³-hybridized carbons (Fsp3) is 0.722. The Morgan fingerprint density at radius 2 is 1.90 bits per heavy atom. The van der Waals surface area contributed by atoms with Gasteiger partial charge in [0, 0.05) is 6.08 Å². The first kappa shape index (κ1) is 19.9. The first-order valence-corrected chi connectivity index (χ1v) is 7.90. The molecule has 0 aromatic heterocycles. The zero-order chi connectivity index (χ0) is 16.5. The first-order chi connectivity index (χ1) is 9.65. The maximum Gasteiger partial charge on any atom is 0.331 e. The zero-order valence-electron chi connectivity index (χ0n) is 14.5. The predicted octanol–water partition coefficient (Wildman–Crippen LogP) is 4.41. The topological polar surface area (TPSA) is 46.5 Å². The number of hydrogen-bond acceptors (Lipinski definition) is 3. The number of carbonyl (C=O) groups excluding carboxylic acids is 1. The summed E-state index contributed by atoms with van der Waals surface area (Å²) in [5.41, 5.74) is 1.51. The van der Waals surface area contributed by atoms with E-state index < -0.39 is 5.60 Å². The quantitative estimate of drug-likeness (QED) is 0.389. The lowest BCUT2D eigenvalue weighted by atomic mass is 9.94. The summed E-state index contributed by atoms with van der Waals surface area (Å²) in [6.07, 6.45) is 7.70. The molecular formula is C18H32O3. The average molecular weight is 296 g/mol. The molecule has 0 spiro atoms. The van der Waals surface area contributed by atoms with E-state index in [2.05, 4.69) is 13.0 Å². The number of allylic oxidation sites excluding steroid dienone is 3. The molecule has 1 unspecified atom stereocenters. The first-order valence-electron chi connectivity index (χ1n) is 7.90. The van der Waals surface area contributed by atoms with Crippen molar-refractivity contribution < 1.29 is 14.6 Å². The van der Waals surface area contributed by atoms with Crippen molar-refractivity contribution in [2.75, 3.05) is 6.61 Å². The lowest BCUT2D eigenvalue weighted by molar-refractivity contribution is -0.137. The van der Waals surface area contributed by atoms with Crippen molar-refractivity contribution in [1.29, 1.82) is 0 Å². The van der Waals surface area contributed by atoms with Crippen molar-refractivity contribution in [2.24, 2.45) is 5.92 Å². The Morgan fingerprint density at radius 3 is 2.43 bits per heavy atom. The molecule has 0 aliphatic carbocycles. The van der Waals surface area contributed by atoms with E-state index in [1.807, 2.05) is 27.7 Å². The van der Waals surface area contributed by atoms with Gasteiger partial charge < -0.3 is 9.84 Å². The van der Waals surface area contributed by atoms with Crippen molar-refractivity contribution in [2.45, 2.75) is 72.8 Å². The number of hydrogen-bond donors (Lipinski definition) is 1. The molecule has 1 atom stereocenters. The van der Waals surface area contributed by atoms with E-state index >= 15 is 0 Å². The van der Waals surface area contributed by atoms with Crippen LogP contribution in [0.2, 0.25) is 0 Å². The largest absolute Gasteiger partial charge is 0.463 e. The fourth-order valence-electron chi connectivity index (χ4n) is 2.01. The number of rotatable bonds is 9. The molecule has 0 aromatic carbocycles. The van der Waals surface area contributed by atoms with E-state index in [1.54, 1.807) is 13.0 Å². The van der Waals surface area contributed by atoms with Gasteiger partial charge in [-0.3, -0.25) is 0 Å². The molecule has 0 bridgehead atoms. The van der Waals surface area contributed by atoms with Gasteiger partial charge in [0.15, 0.2) is 0 Å². The minimum absolute atomic E-state index is 0.277. The van der Waals surface area contributed by atoms with Crippen LogP contribution in [0, 0.1) is 5.92 Å². The summed E-state index contributed by atoms with van der Waals surface area (Å²) in [6.45, 7) is 12.1. The Balaban J connectivity index is 4.23. The summed E-state index contributed by atoms with van der Waals surface area (Å²) >= 11 is 0. The van der Waals surface area contributed by atoms with Crippen LogP contribution in [0.25, 0.3) is 0 Å². The van der Waals surface area contributed by atoms with Crippen LogP contribution in [0.4, 0.5) is 0 Å². The van der Waals surface area contributed by atoms with Gasteiger partial charge in [0.25, 0.3) is 0 Å². The van der Waals surface area contributed by atoms with Gasteiger partial charge in [0.2, 0.25) is 0 Å². The van der Waals surface area contributed by atoms with Gasteiger partial charge in [-0.15, -0.1) is 0 Å². The molecule has 3 heteroatoms. The molecule has 0 aromatic rings. The van der Waals surface area contributed by atoms with Gasteiger partial charge in [-0.25, -0.2) is 4.79 Å². The van der Waals surface area contributed by atoms with Crippen LogP contribution in [-0.2, 0) is 9.53 Å². The molecule has 0 fully saturated rings. The molecular weight excluding hydrogens is 264 g/mol. The van der Waals surface area contributed by atoms with Gasteiger partial charge in [0.05, 0.1) is 12.2 Å². The van der Waals surface area contributed by atoms with Crippen LogP contribution in [-0.4, -0.2) is 23.3 Å². The molecule has 122 valence electrons. The molecule has 0 aliphatic rings. The highest BCUT2D eigenvalue weighted by Crippen LogP contribution is 2.19. The number of esters is 1. The second-order valence-corrected chi connectivity index (χ2v) is 6.51. The van der Waals surface area contributed by atoms with Crippen molar-refractivity contribution in [3.05, 3.63) is 23.3 Å². The van der Waals surface area contributed by atoms with Crippen LogP contribution in [0.5, 0.6) is 0 Å². The molecule has 0 saturated carbocycles. The van der Waals surface area contributed by atoms with Gasteiger partial charge in [-0.1, -0.05) is 31.4 Å². The molecule has 1 N–H and O–H groups in total. The van der Waals surface area contributed by atoms with E-state index in [9.17, 15) is 9.90 Å². The van der Waals surface area contributed by atoms with E-state index in [4.69, 9.17) is 4.74 Å². The Bertz CT molecular complexity index is 372. The molecule has 0 rings (SSSR count). The Kier molecular flexibility index (Phi) is 9.27. The monoisotopic (exact) mass is 296 g/mol. The highest BCUT2D eigenvalue weighted by Gasteiger charge is 2.12. The van der Waals surface area contributed by atoms with Crippen LogP contribution in [0.15, 0.2) is 23.3 Å². The molecule has 0 aliphatic heterocycles. The predicted molar refractivity (Wildman–Crippen MR) is 88.1 cm³/mol. The van der Waals surface area contributed by atoms with Crippen molar-refractivity contribution >= 4 is 5.97 Å². The summed E-state index contributed by atoms with van der Waals surface area (Å²) in [6, 6.07) is 0. The van der Waals surface area contributed by atoms with Crippen molar-refractivity contribution in [1.82, 2.24) is 0 Å². The molecule has 21 heavy (non-hydrogen) atoms. The highest BCUT2D eigenvalue weighted by molar-refractivity contribution is 5.83. The SMILES string of the molecule is CCOC(=O)C=C(C)C(C)=CCC(C)CCCC(C)(C)O. The van der Waals surface area contributed by atoms with E-state index in [0.29, 0.717) is 12.5 Å². The van der Waals surface area contributed by atoms with E-state index in [0.717, 1.165) is 36.8 Å². The van der Waals surface area contributed by atoms with Gasteiger partial charge in [0.1, 0.15) is 0 Å². The summed E-state index contributed by atoms with van der Waals surface area (Å²) in [7, 11) is 0. The van der Waals surface area contributed by atoms with E-state index in [-0.39, 0.29) is 5.97 Å². The van der Waals surface area contributed by atoms with Crippen LogP contribution in [0.3, 0.4) is 0 Å². The normalized spacial score (nSPS) is 15.0. The van der Waals surface area contributed by atoms with Gasteiger partial charge in [-0.2, -0.15) is 0 Å². The molecule has 0 radical (unpaired) electrons. The number of aliphatic hydroxyl groups is 1. The lowest BCUT2D eigenvalue weighted by Crippen LogP contribution is -2.18. The van der Waals surface area contributed by atoms with Crippen LogP contribution in [0.1, 0.15) is 67.2 Å². The minimum atomic E-state index is -0.565. The molecule has 0 heterocycles. The summed E-state index contributed by atoms with van der Waals surface area (Å²) < 4.78 is 4.91. The Hall–Kier alpha value is -1.09.